The zero-order valence-electron chi connectivity index (χ0n) is 30.9. The standard InChI is InChI=1S/C13H22N.C12H11Si.C12H10.C9H13.Hf/c1-10-4-11(2)6-12(3,5-10)9-13(14,7-10)8-11;1-3-7-11(8-4-1)13-12-9-5-2-6-10-12;1-3-7-11(8-4-1)12-9-5-2-6-10-12;1-6-5-7(2)9(4)8(6)3;/h14H,4-9H2,1-3H3;1-10,13H;1-10H;6H,1-4H3;/q-1;;;-1;. The van der Waals surface area contributed by atoms with Crippen molar-refractivity contribution in [2.45, 2.75) is 92.5 Å². The van der Waals surface area contributed by atoms with Crippen molar-refractivity contribution in [2.24, 2.45) is 22.2 Å². The molecule has 0 spiro atoms. The maximum absolute atomic E-state index is 8.59. The summed E-state index contributed by atoms with van der Waals surface area (Å²) in [5.74, 6) is 0.560. The minimum absolute atomic E-state index is 0. The molecule has 5 aliphatic carbocycles. The molecule has 0 aliphatic heterocycles. The number of allylic oxidation sites excluding steroid dienone is 4. The summed E-state index contributed by atoms with van der Waals surface area (Å²) in [4.78, 5) is 0. The van der Waals surface area contributed by atoms with Crippen LogP contribution in [0.1, 0.15) is 87.0 Å². The maximum atomic E-state index is 8.59. The smallest absolute Gasteiger partial charge is 0.103 e. The summed E-state index contributed by atoms with van der Waals surface area (Å²) in [5.41, 5.74) is 16.8. The summed E-state index contributed by atoms with van der Waals surface area (Å²) in [6, 6.07) is 42.1. The van der Waals surface area contributed by atoms with Gasteiger partial charge in [-0.1, -0.05) is 198 Å². The average molecular weight is 830 g/mol. The Balaban J connectivity index is 0.000000148. The second-order valence-electron chi connectivity index (χ2n) is 16.3. The van der Waals surface area contributed by atoms with E-state index in [4.69, 9.17) is 5.73 Å². The van der Waals surface area contributed by atoms with E-state index in [-0.39, 0.29) is 40.9 Å². The number of benzene rings is 4. The summed E-state index contributed by atoms with van der Waals surface area (Å²) in [7, 11) is 0.271. The quantitative estimate of drug-likeness (QED) is 0.145. The molecule has 255 valence electrons. The van der Waals surface area contributed by atoms with Gasteiger partial charge in [-0.15, -0.1) is 12.5 Å². The number of hydrogen-bond acceptors (Lipinski definition) is 0. The number of nitrogens with one attached hydrogen (secondary N) is 1. The zero-order chi connectivity index (χ0) is 34.4. The van der Waals surface area contributed by atoms with E-state index in [9.17, 15) is 0 Å². The molecule has 4 saturated carbocycles. The fourth-order valence-corrected chi connectivity index (χ4v) is 11.2. The van der Waals surface area contributed by atoms with E-state index in [2.05, 4.69) is 164 Å². The Bertz CT molecular complexity index is 1510. The minimum atomic E-state index is -0.0625. The van der Waals surface area contributed by atoms with Crippen molar-refractivity contribution in [3.8, 4) is 11.1 Å². The molecular weight excluding hydrogens is 773 g/mol. The van der Waals surface area contributed by atoms with Gasteiger partial charge in [-0.05, 0) is 46.6 Å². The molecule has 1 nitrogen and oxygen atoms in total. The van der Waals surface area contributed by atoms with E-state index in [0.717, 1.165) is 0 Å². The SMILES string of the molecule is CC12CC3(C)CC(C)(C1)CC([NH-])(C2)C3.CC1=[C-]C(C)C(C)=C1C.[Hf].c1ccc(-c2ccccc2)cc1.c1ccc([SiH]c2ccccc2)cc1. The van der Waals surface area contributed by atoms with Crippen LogP contribution < -0.4 is 10.4 Å². The van der Waals surface area contributed by atoms with Crippen LogP contribution in [0.2, 0.25) is 0 Å². The van der Waals surface area contributed by atoms with Crippen LogP contribution >= 0.6 is 0 Å². The molecule has 1 N–H and O–H groups in total. The Morgan fingerprint density at radius 3 is 1.12 bits per heavy atom. The van der Waals surface area contributed by atoms with Crippen LogP contribution in [0.3, 0.4) is 0 Å². The molecule has 1 atom stereocenters. The van der Waals surface area contributed by atoms with E-state index in [1.165, 1.54) is 76.7 Å². The van der Waals surface area contributed by atoms with Gasteiger partial charge in [-0.2, -0.15) is 11.1 Å². The van der Waals surface area contributed by atoms with Crippen LogP contribution in [0.25, 0.3) is 16.9 Å². The topological polar surface area (TPSA) is 23.8 Å². The second-order valence-corrected chi connectivity index (χ2v) is 17.9. The Morgan fingerprint density at radius 2 is 0.878 bits per heavy atom. The van der Waals surface area contributed by atoms with Crippen LogP contribution in [0.15, 0.2) is 138 Å². The first-order valence-electron chi connectivity index (χ1n) is 17.9. The molecule has 0 saturated heterocycles. The molecule has 0 heterocycles. The summed E-state index contributed by atoms with van der Waals surface area (Å²) < 4.78 is 0. The van der Waals surface area contributed by atoms with E-state index in [0.29, 0.717) is 22.2 Å². The number of hydrogen-bond donors (Lipinski definition) is 0. The molecule has 4 aromatic rings. The van der Waals surface area contributed by atoms with Crippen molar-refractivity contribution in [1.82, 2.24) is 0 Å². The monoisotopic (exact) mass is 830 g/mol. The third-order valence-corrected chi connectivity index (χ3v) is 12.3. The Morgan fingerprint density at radius 1 is 0.551 bits per heavy atom. The summed E-state index contributed by atoms with van der Waals surface area (Å²) >= 11 is 0. The van der Waals surface area contributed by atoms with E-state index in [1.54, 1.807) is 0 Å². The van der Waals surface area contributed by atoms with E-state index < -0.39 is 0 Å². The molecule has 0 aromatic heterocycles. The fourth-order valence-electron chi connectivity index (χ4n) is 10.0. The van der Waals surface area contributed by atoms with Crippen LogP contribution in [0.5, 0.6) is 0 Å². The Hall–Kier alpha value is -2.59. The van der Waals surface area contributed by atoms with Crippen molar-refractivity contribution in [1.29, 1.82) is 0 Å². The second kappa shape index (κ2) is 16.6. The molecule has 0 amide bonds. The van der Waals surface area contributed by atoms with Crippen LogP contribution in [-0.2, 0) is 25.8 Å². The van der Waals surface area contributed by atoms with Crippen molar-refractivity contribution >= 4 is 19.9 Å². The van der Waals surface area contributed by atoms with Gasteiger partial charge < -0.3 is 5.73 Å². The molecule has 3 heteroatoms. The first-order valence-corrected chi connectivity index (χ1v) is 19.0. The summed E-state index contributed by atoms with van der Waals surface area (Å²) in [6.45, 7) is 16.0. The molecular formula is C46H56HfNSi-2. The van der Waals surface area contributed by atoms with Crippen LogP contribution in [-0.4, -0.2) is 15.1 Å². The van der Waals surface area contributed by atoms with Crippen molar-refractivity contribution < 1.29 is 25.8 Å². The molecule has 9 rings (SSSR count). The zero-order valence-corrected chi connectivity index (χ0v) is 35.7. The predicted octanol–water partition coefficient (Wildman–Crippen LogP) is 11.3. The summed E-state index contributed by atoms with van der Waals surface area (Å²) in [6.07, 6.45) is 11.0. The third kappa shape index (κ3) is 10.7. The van der Waals surface area contributed by atoms with Crippen LogP contribution in [0.4, 0.5) is 0 Å². The molecule has 1 unspecified atom stereocenters. The molecule has 4 bridgehead atoms. The van der Waals surface area contributed by atoms with Gasteiger partial charge in [0.15, 0.2) is 0 Å². The largest absolute Gasteiger partial charge is 0.672 e. The van der Waals surface area contributed by atoms with E-state index >= 15 is 0 Å². The van der Waals surface area contributed by atoms with Crippen molar-refractivity contribution in [3.63, 3.8) is 0 Å². The number of rotatable bonds is 3. The Labute approximate surface area is 319 Å². The molecule has 49 heavy (non-hydrogen) atoms. The van der Waals surface area contributed by atoms with E-state index in [1.807, 2.05) is 12.1 Å². The third-order valence-electron chi connectivity index (χ3n) is 10.9. The van der Waals surface area contributed by atoms with Gasteiger partial charge in [-0.25, -0.2) is 5.57 Å². The van der Waals surface area contributed by atoms with Gasteiger partial charge in [0.25, 0.3) is 0 Å². The van der Waals surface area contributed by atoms with Gasteiger partial charge >= 0.3 is 0 Å². The fraction of sp³-hybridized carbons (Fsp3) is 0.391. The van der Waals surface area contributed by atoms with Gasteiger partial charge in [0.2, 0.25) is 0 Å². The normalized spacial score (nSPS) is 28.8. The molecule has 5 aliphatic rings. The first kappa shape index (κ1) is 39.2. The van der Waals surface area contributed by atoms with Gasteiger partial charge in [-0.3, -0.25) is 6.08 Å². The molecule has 4 fully saturated rings. The van der Waals surface area contributed by atoms with Crippen LogP contribution in [0, 0.1) is 28.2 Å². The minimum Gasteiger partial charge on any atom is -0.672 e. The maximum Gasteiger partial charge on any atom is 0.103 e. The average Bonchev–Trinajstić information content (AvgIpc) is 3.25. The van der Waals surface area contributed by atoms with Crippen molar-refractivity contribution in [3.05, 3.63) is 150 Å². The summed E-state index contributed by atoms with van der Waals surface area (Å²) in [5, 5.41) is 2.90. The van der Waals surface area contributed by atoms with Gasteiger partial charge in [0.1, 0.15) is 9.52 Å². The first-order chi connectivity index (χ1) is 22.8. The Kier molecular flexibility index (Phi) is 13.3. The van der Waals surface area contributed by atoms with Crippen molar-refractivity contribution in [2.75, 3.05) is 0 Å². The van der Waals surface area contributed by atoms with Gasteiger partial charge in [0, 0.05) is 25.8 Å². The molecule has 1 radical (unpaired) electrons. The molecule has 4 aromatic carbocycles. The predicted molar refractivity (Wildman–Crippen MR) is 210 cm³/mol. The van der Waals surface area contributed by atoms with Gasteiger partial charge in [0.05, 0.1) is 0 Å².